The van der Waals surface area contributed by atoms with Crippen LogP contribution in [0.15, 0.2) is 69.1 Å². The van der Waals surface area contributed by atoms with Gasteiger partial charge in [-0.3, -0.25) is 15.4 Å². The quantitative estimate of drug-likeness (QED) is 0.656. The van der Waals surface area contributed by atoms with Crippen molar-refractivity contribution >= 4 is 23.3 Å². The Balaban J connectivity index is 1.82. The zero-order valence-corrected chi connectivity index (χ0v) is 14.7. The first kappa shape index (κ1) is 18.2. The lowest BCUT2D eigenvalue weighted by atomic mass is 10.1. The minimum atomic E-state index is -0.299. The van der Waals surface area contributed by atoms with Crippen LogP contribution in [0.5, 0.6) is 0 Å². The Kier molecular flexibility index (Phi) is 5.88. The van der Waals surface area contributed by atoms with Crippen molar-refractivity contribution in [2.45, 2.75) is 6.54 Å². The Bertz CT molecular complexity index is 927. The standard InChI is InChI=1S/C19H19FN6O/c1-22-14-10-23-12-19(25-11-14)16(21)8-18(17-6-7-27-26-17)24-9-13-4-2-3-5-15(13)20/h2-8,10-11,21-22,24H,9,12H2,1H3/b18-8-,21-16?. The van der Waals surface area contributed by atoms with Gasteiger partial charge in [0.15, 0.2) is 0 Å². The van der Waals surface area contributed by atoms with Gasteiger partial charge >= 0.3 is 0 Å². The fourth-order valence-corrected chi connectivity index (χ4v) is 2.36. The highest BCUT2D eigenvalue weighted by atomic mass is 19.1. The summed E-state index contributed by atoms with van der Waals surface area (Å²) in [6, 6.07) is 8.18. The molecular weight excluding hydrogens is 347 g/mol. The van der Waals surface area contributed by atoms with E-state index in [0.717, 1.165) is 5.70 Å². The Morgan fingerprint density at radius 1 is 1.33 bits per heavy atom. The average molecular weight is 366 g/mol. The van der Waals surface area contributed by atoms with Gasteiger partial charge in [0.25, 0.3) is 0 Å². The third kappa shape index (κ3) is 4.75. The van der Waals surface area contributed by atoms with Crippen LogP contribution in [0.2, 0.25) is 0 Å². The second kappa shape index (κ2) is 8.70. The molecule has 0 spiro atoms. The molecule has 0 amide bonds. The molecule has 0 unspecified atom stereocenters. The van der Waals surface area contributed by atoms with Gasteiger partial charge in [0.05, 0.1) is 35.6 Å². The van der Waals surface area contributed by atoms with Gasteiger partial charge in [-0.05, 0) is 12.1 Å². The summed E-state index contributed by atoms with van der Waals surface area (Å²) in [5, 5.41) is 18.3. The fourth-order valence-electron chi connectivity index (χ4n) is 2.36. The molecule has 1 aromatic carbocycles. The number of hydrogen-bond acceptors (Lipinski definition) is 7. The molecule has 2 aromatic rings. The summed E-state index contributed by atoms with van der Waals surface area (Å²) < 4.78 is 18.8. The normalized spacial score (nSPS) is 14.2. The number of halogens is 1. The molecule has 0 fully saturated rings. The minimum Gasteiger partial charge on any atom is -0.386 e. The monoisotopic (exact) mass is 366 g/mol. The predicted octanol–water partition coefficient (Wildman–Crippen LogP) is 2.55. The lowest BCUT2D eigenvalue weighted by Gasteiger charge is -2.10. The second-order valence-corrected chi connectivity index (χ2v) is 5.68. The minimum absolute atomic E-state index is 0.180. The average Bonchev–Trinajstić information content (AvgIpc) is 3.10. The first-order valence-corrected chi connectivity index (χ1v) is 8.30. The topological polar surface area (TPSA) is 98.7 Å². The van der Waals surface area contributed by atoms with Crippen molar-refractivity contribution in [3.8, 4) is 0 Å². The van der Waals surface area contributed by atoms with Crippen molar-refractivity contribution in [3.05, 3.63) is 71.6 Å². The maximum atomic E-state index is 13.9. The first-order chi connectivity index (χ1) is 13.2. The van der Waals surface area contributed by atoms with Crippen LogP contribution in [0.3, 0.4) is 0 Å². The van der Waals surface area contributed by atoms with E-state index in [9.17, 15) is 4.39 Å². The number of benzene rings is 1. The van der Waals surface area contributed by atoms with Gasteiger partial charge in [0.2, 0.25) is 0 Å². The Labute approximate surface area is 155 Å². The molecule has 0 bridgehead atoms. The van der Waals surface area contributed by atoms with Gasteiger partial charge < -0.3 is 15.2 Å². The third-order valence-electron chi connectivity index (χ3n) is 3.86. The number of allylic oxidation sites excluding steroid dienone is 2. The van der Waals surface area contributed by atoms with Crippen LogP contribution in [-0.2, 0) is 6.54 Å². The molecule has 0 atom stereocenters. The van der Waals surface area contributed by atoms with Crippen molar-refractivity contribution < 1.29 is 8.91 Å². The summed E-state index contributed by atoms with van der Waals surface area (Å²) >= 11 is 0. The Morgan fingerprint density at radius 3 is 2.93 bits per heavy atom. The summed E-state index contributed by atoms with van der Waals surface area (Å²) in [4.78, 5) is 8.55. The number of nitrogens with zero attached hydrogens (tertiary/aromatic N) is 3. The highest BCUT2D eigenvalue weighted by molar-refractivity contribution is 6.47. The van der Waals surface area contributed by atoms with Crippen LogP contribution in [0, 0.1) is 11.2 Å². The van der Waals surface area contributed by atoms with Gasteiger partial charge in [-0.2, -0.15) is 0 Å². The van der Waals surface area contributed by atoms with E-state index in [1.54, 1.807) is 49.8 Å². The van der Waals surface area contributed by atoms with E-state index in [0.29, 0.717) is 22.7 Å². The Hall–Kier alpha value is -3.55. The van der Waals surface area contributed by atoms with E-state index in [1.807, 2.05) is 0 Å². The van der Waals surface area contributed by atoms with Crippen LogP contribution >= 0.6 is 0 Å². The number of aliphatic imine (C=N–C) groups is 2. The zero-order chi connectivity index (χ0) is 19.1. The fraction of sp³-hybridized carbons (Fsp3) is 0.158. The van der Waals surface area contributed by atoms with Crippen LogP contribution in [0.4, 0.5) is 4.39 Å². The van der Waals surface area contributed by atoms with Gasteiger partial charge in [-0.15, -0.1) is 0 Å². The molecule has 3 rings (SSSR count). The van der Waals surface area contributed by atoms with Crippen molar-refractivity contribution in [1.29, 1.82) is 5.41 Å². The summed E-state index contributed by atoms with van der Waals surface area (Å²) in [6.07, 6.45) is 6.32. The number of nitrogens with one attached hydrogen (secondary N) is 3. The molecule has 1 aliphatic rings. The van der Waals surface area contributed by atoms with Crippen LogP contribution in [0.1, 0.15) is 11.3 Å². The molecule has 8 heteroatoms. The van der Waals surface area contributed by atoms with Crippen molar-refractivity contribution in [3.63, 3.8) is 0 Å². The predicted molar refractivity (Wildman–Crippen MR) is 103 cm³/mol. The SMILES string of the molecule is CNC1=CN=C(C(=N)/C=C(\NCc2ccccc2F)c2ccon2)CN=C1. The zero-order valence-electron chi connectivity index (χ0n) is 14.7. The molecule has 0 saturated heterocycles. The molecule has 1 aromatic heterocycles. The largest absolute Gasteiger partial charge is 0.386 e. The molecule has 27 heavy (non-hydrogen) atoms. The molecule has 2 heterocycles. The highest BCUT2D eigenvalue weighted by Gasteiger charge is 2.12. The lowest BCUT2D eigenvalue weighted by molar-refractivity contribution is 0.417. The molecule has 138 valence electrons. The molecule has 0 saturated carbocycles. The maximum absolute atomic E-state index is 13.9. The van der Waals surface area contributed by atoms with Gasteiger partial charge in [-0.25, -0.2) is 4.39 Å². The summed E-state index contributed by atoms with van der Waals surface area (Å²) in [7, 11) is 1.78. The van der Waals surface area contributed by atoms with Gasteiger partial charge in [0, 0.05) is 31.4 Å². The third-order valence-corrected chi connectivity index (χ3v) is 3.86. The smallest absolute Gasteiger partial charge is 0.129 e. The van der Waals surface area contributed by atoms with Crippen LogP contribution in [-0.4, -0.2) is 36.4 Å². The summed E-state index contributed by atoms with van der Waals surface area (Å²) in [5.41, 5.74) is 3.00. The number of hydrogen-bond donors (Lipinski definition) is 3. The summed E-state index contributed by atoms with van der Waals surface area (Å²) in [6.45, 7) is 0.531. The molecule has 0 aliphatic carbocycles. The van der Waals surface area contributed by atoms with Crippen LogP contribution in [0.25, 0.3) is 5.70 Å². The summed E-state index contributed by atoms with van der Waals surface area (Å²) in [5.74, 6) is -0.299. The lowest BCUT2D eigenvalue weighted by Crippen LogP contribution is -2.19. The second-order valence-electron chi connectivity index (χ2n) is 5.68. The number of rotatable bonds is 7. The van der Waals surface area contributed by atoms with Crippen molar-refractivity contribution in [2.24, 2.45) is 9.98 Å². The van der Waals surface area contributed by atoms with Crippen molar-refractivity contribution in [2.75, 3.05) is 13.6 Å². The molecule has 1 aliphatic heterocycles. The van der Waals surface area contributed by atoms with Crippen LogP contribution < -0.4 is 10.6 Å². The van der Waals surface area contributed by atoms with E-state index in [4.69, 9.17) is 9.93 Å². The Morgan fingerprint density at radius 2 is 2.19 bits per heavy atom. The molecule has 0 radical (unpaired) electrons. The van der Waals surface area contributed by atoms with E-state index < -0.39 is 0 Å². The van der Waals surface area contributed by atoms with Crippen molar-refractivity contribution in [1.82, 2.24) is 15.8 Å². The molecule has 3 N–H and O–H groups in total. The number of aromatic nitrogens is 1. The molecule has 7 nitrogen and oxygen atoms in total. The highest BCUT2D eigenvalue weighted by Crippen LogP contribution is 2.13. The molecular formula is C19H19FN6O. The van der Waals surface area contributed by atoms with E-state index in [2.05, 4.69) is 25.8 Å². The van der Waals surface area contributed by atoms with Gasteiger partial charge in [-0.1, -0.05) is 23.4 Å². The van der Waals surface area contributed by atoms with E-state index in [1.165, 1.54) is 12.3 Å². The van der Waals surface area contributed by atoms with E-state index >= 15 is 0 Å². The first-order valence-electron chi connectivity index (χ1n) is 8.30. The van der Waals surface area contributed by atoms with Gasteiger partial charge in [0.1, 0.15) is 17.8 Å². The maximum Gasteiger partial charge on any atom is 0.129 e. The van der Waals surface area contributed by atoms with E-state index in [-0.39, 0.29) is 24.6 Å².